The van der Waals surface area contributed by atoms with Crippen LogP contribution in [-0.2, 0) is 24.4 Å². The quantitative estimate of drug-likeness (QED) is 0.167. The van der Waals surface area contributed by atoms with Crippen molar-refractivity contribution in [3.05, 3.63) is 57.6 Å². The molecule has 0 radical (unpaired) electrons. The maximum atomic E-state index is 11.7. The van der Waals surface area contributed by atoms with Gasteiger partial charge in [0.2, 0.25) is 0 Å². The van der Waals surface area contributed by atoms with E-state index in [1.165, 1.54) is 0 Å². The van der Waals surface area contributed by atoms with Crippen molar-refractivity contribution in [1.82, 2.24) is 0 Å². The van der Waals surface area contributed by atoms with Crippen molar-refractivity contribution < 1.29 is 28.5 Å². The largest absolute Gasteiger partial charge is 0.477 e. The molecule has 0 amide bonds. The van der Waals surface area contributed by atoms with Crippen LogP contribution in [0.25, 0.3) is 0 Å². The summed E-state index contributed by atoms with van der Waals surface area (Å²) < 4.78 is 19.7. The van der Waals surface area contributed by atoms with E-state index in [1.807, 2.05) is 52.8 Å². The lowest BCUT2D eigenvalue weighted by atomic mass is 10.2. The zero-order valence-corrected chi connectivity index (χ0v) is 30.6. The monoisotopic (exact) mass is 770 g/mol. The van der Waals surface area contributed by atoms with Crippen LogP contribution in [0.4, 0.5) is 0 Å². The average Bonchev–Trinajstić information content (AvgIpc) is 2.88. The maximum absolute atomic E-state index is 11.7. The Bertz CT molecular complexity index is 1100. The zero-order valence-electron chi connectivity index (χ0n) is 24.5. The summed E-state index contributed by atoms with van der Waals surface area (Å²) in [4.78, 5) is 23.4. The molecule has 0 aliphatic heterocycles. The van der Waals surface area contributed by atoms with Crippen molar-refractivity contribution >= 4 is 97.5 Å². The third-order valence-electron chi connectivity index (χ3n) is 4.63. The molecule has 0 N–H and O–H groups in total. The third-order valence-corrected chi connectivity index (χ3v) is 5.90. The predicted molar refractivity (Wildman–Crippen MR) is 178 cm³/mol. The normalized spacial score (nSPS) is 12.3. The van der Waals surface area contributed by atoms with Gasteiger partial charge in [0.25, 0.3) is 3.25 Å². The van der Waals surface area contributed by atoms with Crippen LogP contribution in [0.3, 0.4) is 0 Å². The first-order chi connectivity index (χ1) is 19.3. The van der Waals surface area contributed by atoms with Gasteiger partial charge in [-0.1, -0.05) is 125 Å². The minimum Gasteiger partial charge on any atom is -0.477 e. The Kier molecular flexibility index (Phi) is 20.6. The van der Waals surface area contributed by atoms with Crippen molar-refractivity contribution in [2.24, 2.45) is 11.8 Å². The minimum absolute atomic E-state index is 0.302. The second kappa shape index (κ2) is 21.0. The Morgan fingerprint density at radius 2 is 1.12 bits per heavy atom. The van der Waals surface area contributed by atoms with E-state index in [0.717, 1.165) is 11.1 Å². The van der Waals surface area contributed by atoms with E-state index in [9.17, 15) is 9.59 Å². The fourth-order valence-corrected chi connectivity index (χ4v) is 3.30. The van der Waals surface area contributed by atoms with Gasteiger partial charge in [-0.2, -0.15) is 0 Å². The molecule has 6 nitrogen and oxygen atoms in total. The highest BCUT2D eigenvalue weighted by Gasteiger charge is 2.19. The van der Waals surface area contributed by atoms with E-state index in [2.05, 4.69) is 15.9 Å². The summed E-state index contributed by atoms with van der Waals surface area (Å²) in [6.45, 7) is 14.0. The highest BCUT2D eigenvalue weighted by atomic mass is 79.9. The van der Waals surface area contributed by atoms with Crippen LogP contribution < -0.4 is 9.47 Å². The summed E-state index contributed by atoms with van der Waals surface area (Å²) in [5.74, 6) is 0.855. The Morgan fingerprint density at radius 1 is 0.738 bits per heavy atom. The molecule has 0 saturated carbocycles. The van der Waals surface area contributed by atoms with Gasteiger partial charge in [-0.3, -0.25) is 0 Å². The van der Waals surface area contributed by atoms with E-state index in [1.54, 1.807) is 32.0 Å². The number of alkyl halides is 5. The number of esters is 2. The molecule has 238 valence electrons. The van der Waals surface area contributed by atoms with Gasteiger partial charge in [0.1, 0.15) is 11.5 Å². The summed E-state index contributed by atoms with van der Waals surface area (Å²) in [6, 6.07) is 10.9. The summed E-state index contributed by atoms with van der Waals surface area (Å²) >= 11 is 34.7. The molecule has 13 heteroatoms. The number of halogens is 7. The van der Waals surface area contributed by atoms with Gasteiger partial charge in [0.05, 0.1) is 23.3 Å². The van der Waals surface area contributed by atoms with E-state index < -0.39 is 15.5 Å². The zero-order chi connectivity index (χ0) is 32.6. The van der Waals surface area contributed by atoms with Crippen molar-refractivity contribution in [2.45, 2.75) is 69.3 Å². The number of rotatable bonds is 11. The van der Waals surface area contributed by atoms with E-state index in [-0.39, 0.29) is 11.9 Å². The average molecular weight is 774 g/mol. The van der Waals surface area contributed by atoms with Gasteiger partial charge >= 0.3 is 11.9 Å². The minimum atomic E-state index is -1.61. The number of aryl methyl sites for hydroxylation is 1. The lowest BCUT2D eigenvalue weighted by molar-refractivity contribution is -0.152. The first kappa shape index (κ1) is 41.2. The number of benzene rings is 2. The SMILES string of the molecule is CC(C)COC(=O)[C@H](C)Oc1cc(CBr)ccc1Cl.Cc1ccc(Cl)c(O[C@@H](C)C(=O)OCC(C)C)c1.ClC(Cl)(Cl)Cl. The summed E-state index contributed by atoms with van der Waals surface area (Å²) in [6.07, 6.45) is -1.34. The fraction of sp³-hybridized carbons (Fsp3) is 0.517. The van der Waals surface area contributed by atoms with Crippen LogP contribution in [0, 0.1) is 18.8 Å². The van der Waals surface area contributed by atoms with Crippen LogP contribution >= 0.6 is 85.5 Å². The third kappa shape index (κ3) is 20.2. The second-order valence-corrected chi connectivity index (χ2v) is 14.6. The maximum Gasteiger partial charge on any atom is 0.347 e. The summed E-state index contributed by atoms with van der Waals surface area (Å²) in [7, 11) is 0. The van der Waals surface area contributed by atoms with Gasteiger partial charge in [0.15, 0.2) is 12.2 Å². The van der Waals surface area contributed by atoms with E-state index in [0.29, 0.717) is 51.9 Å². The molecule has 42 heavy (non-hydrogen) atoms. The van der Waals surface area contributed by atoms with Crippen LogP contribution in [0.15, 0.2) is 36.4 Å². The number of carbonyl (C=O) groups excluding carboxylic acids is 2. The smallest absolute Gasteiger partial charge is 0.347 e. The lowest BCUT2D eigenvalue weighted by Gasteiger charge is -2.16. The molecular formula is C29H37BrCl6O6. The van der Waals surface area contributed by atoms with Gasteiger partial charge in [-0.25, -0.2) is 9.59 Å². The molecule has 0 saturated heterocycles. The number of carbonyl (C=O) groups is 2. The molecule has 0 bridgehead atoms. The molecule has 2 rings (SSSR count). The number of ether oxygens (including phenoxy) is 4. The van der Waals surface area contributed by atoms with Gasteiger partial charge < -0.3 is 18.9 Å². The molecule has 2 aromatic rings. The van der Waals surface area contributed by atoms with E-state index >= 15 is 0 Å². The Morgan fingerprint density at radius 3 is 1.50 bits per heavy atom. The molecule has 2 aromatic carbocycles. The molecule has 0 heterocycles. The highest BCUT2D eigenvalue weighted by molar-refractivity contribution is 9.08. The Balaban J connectivity index is 0.000000691. The second-order valence-electron chi connectivity index (χ2n) is 9.83. The first-order valence-corrected chi connectivity index (χ1v) is 16.3. The van der Waals surface area contributed by atoms with Gasteiger partial charge in [-0.15, -0.1) is 0 Å². The Hall–Kier alpha value is -0.800. The molecule has 0 spiro atoms. The first-order valence-electron chi connectivity index (χ1n) is 12.9. The van der Waals surface area contributed by atoms with E-state index in [4.69, 9.17) is 88.6 Å². The molecule has 0 aromatic heterocycles. The predicted octanol–water partition coefficient (Wildman–Crippen LogP) is 10.4. The van der Waals surface area contributed by atoms with Crippen LogP contribution in [0.2, 0.25) is 10.0 Å². The molecule has 0 unspecified atom stereocenters. The van der Waals surface area contributed by atoms with Crippen LogP contribution in [-0.4, -0.2) is 40.6 Å². The van der Waals surface area contributed by atoms with Crippen LogP contribution in [0.5, 0.6) is 11.5 Å². The number of hydrogen-bond acceptors (Lipinski definition) is 6. The molecule has 0 fully saturated rings. The standard InChI is InChI=1S/C14H18BrClO3.C14H19ClO3.CCl4/c1-9(2)8-18-14(17)10(3)19-13-6-11(7-15)4-5-12(13)16;1-9(2)8-17-14(16)11(4)18-13-7-10(3)5-6-12(13)15;2-1(3,4)5/h4-6,9-10H,7-8H2,1-3H3;5-7,9,11H,8H2,1-4H3;/t10-;11-;/m00./s1. The molecule has 0 aliphatic carbocycles. The molecule has 0 aliphatic rings. The van der Waals surface area contributed by atoms with Crippen LogP contribution in [0.1, 0.15) is 52.7 Å². The number of hydrogen-bond donors (Lipinski definition) is 0. The lowest BCUT2D eigenvalue weighted by Crippen LogP contribution is -2.27. The summed E-state index contributed by atoms with van der Waals surface area (Å²) in [5.41, 5.74) is 2.05. The van der Waals surface area contributed by atoms with Crippen molar-refractivity contribution in [3.63, 3.8) is 0 Å². The topological polar surface area (TPSA) is 71.1 Å². The summed E-state index contributed by atoms with van der Waals surface area (Å²) in [5, 5.41) is 1.67. The molecular weight excluding hydrogens is 737 g/mol. The molecule has 2 atom stereocenters. The van der Waals surface area contributed by atoms with Gasteiger partial charge in [-0.05, 0) is 68.0 Å². The Labute approximate surface area is 287 Å². The fourth-order valence-electron chi connectivity index (χ4n) is 2.63. The van der Waals surface area contributed by atoms with Gasteiger partial charge in [0, 0.05) is 5.33 Å². The van der Waals surface area contributed by atoms with Crippen molar-refractivity contribution in [3.8, 4) is 11.5 Å². The van der Waals surface area contributed by atoms with Crippen molar-refractivity contribution in [1.29, 1.82) is 0 Å². The highest BCUT2D eigenvalue weighted by Crippen LogP contribution is 2.30. The van der Waals surface area contributed by atoms with Crippen molar-refractivity contribution in [2.75, 3.05) is 13.2 Å².